The van der Waals surface area contributed by atoms with Crippen molar-refractivity contribution >= 4 is 0 Å². The Hall–Kier alpha value is -1.80. The van der Waals surface area contributed by atoms with Gasteiger partial charge in [-0.2, -0.15) is 0 Å². The zero-order valence-electron chi connectivity index (χ0n) is 12.7. The highest BCUT2D eigenvalue weighted by molar-refractivity contribution is 5.32. The number of para-hydroxylation sites is 1. The first-order valence-corrected chi connectivity index (χ1v) is 7.28. The zero-order chi connectivity index (χ0) is 14.8. The molecule has 2 heteroatoms. The maximum absolute atomic E-state index is 6.09. The molecule has 0 heterocycles. The second-order valence-electron chi connectivity index (χ2n) is 4.36. The molecule has 0 aliphatic heterocycles. The first-order chi connectivity index (χ1) is 9.81. The van der Waals surface area contributed by atoms with Crippen LogP contribution in [-0.4, -0.2) is 6.54 Å². The largest absolute Gasteiger partial charge is 0.485 e. The van der Waals surface area contributed by atoms with E-state index in [9.17, 15) is 0 Å². The molecule has 2 aromatic carbocycles. The molecule has 0 saturated heterocycles. The molecular weight excluding hydrogens is 246 g/mol. The molecule has 2 aromatic rings. The lowest BCUT2D eigenvalue weighted by molar-refractivity contribution is 0.196. The highest BCUT2D eigenvalue weighted by atomic mass is 16.5. The van der Waals surface area contributed by atoms with E-state index >= 15 is 0 Å². The Morgan fingerprint density at radius 3 is 2.15 bits per heavy atom. The van der Waals surface area contributed by atoms with Gasteiger partial charge in [0.05, 0.1) is 0 Å². The predicted octanol–water partition coefficient (Wildman–Crippen LogP) is 4.49. The number of ether oxygens (including phenoxy) is 1. The standard InChI is InChI=1S/C16H19NO.C2H6/c1-13-7-5-6-10-15(13)18-16(11-12-17)14-8-3-2-4-9-14;1-2/h2-10,16H,11-12,17H2,1H3;1-2H3. The highest BCUT2D eigenvalue weighted by Gasteiger charge is 2.13. The Morgan fingerprint density at radius 2 is 1.55 bits per heavy atom. The van der Waals surface area contributed by atoms with Crippen molar-refractivity contribution < 1.29 is 4.74 Å². The lowest BCUT2D eigenvalue weighted by atomic mass is 10.1. The topological polar surface area (TPSA) is 35.2 Å². The van der Waals surface area contributed by atoms with E-state index in [4.69, 9.17) is 10.5 Å². The van der Waals surface area contributed by atoms with Gasteiger partial charge in [-0.1, -0.05) is 62.4 Å². The number of hydrogen-bond acceptors (Lipinski definition) is 2. The van der Waals surface area contributed by atoms with Gasteiger partial charge in [0.15, 0.2) is 0 Å². The molecule has 0 aliphatic rings. The van der Waals surface area contributed by atoms with E-state index in [0.29, 0.717) is 6.54 Å². The quantitative estimate of drug-likeness (QED) is 0.869. The summed E-state index contributed by atoms with van der Waals surface area (Å²) in [5.74, 6) is 0.930. The molecule has 0 saturated carbocycles. The molecule has 2 N–H and O–H groups in total. The molecule has 20 heavy (non-hydrogen) atoms. The molecule has 0 aliphatic carbocycles. The molecule has 2 rings (SSSR count). The first kappa shape index (κ1) is 16.3. The van der Waals surface area contributed by atoms with Gasteiger partial charge < -0.3 is 10.5 Å². The van der Waals surface area contributed by atoms with Gasteiger partial charge >= 0.3 is 0 Å². The smallest absolute Gasteiger partial charge is 0.125 e. The van der Waals surface area contributed by atoms with E-state index in [-0.39, 0.29) is 6.10 Å². The summed E-state index contributed by atoms with van der Waals surface area (Å²) in [5.41, 5.74) is 8.00. The van der Waals surface area contributed by atoms with Crippen LogP contribution in [0.15, 0.2) is 54.6 Å². The number of rotatable bonds is 5. The van der Waals surface area contributed by atoms with Crippen molar-refractivity contribution in [3.05, 3.63) is 65.7 Å². The molecule has 1 atom stereocenters. The van der Waals surface area contributed by atoms with Crippen LogP contribution in [0.1, 0.15) is 37.5 Å². The van der Waals surface area contributed by atoms with Gasteiger partial charge in [-0.15, -0.1) is 0 Å². The summed E-state index contributed by atoms with van der Waals surface area (Å²) in [5, 5.41) is 0. The van der Waals surface area contributed by atoms with Crippen molar-refractivity contribution in [2.24, 2.45) is 5.73 Å². The lowest BCUT2D eigenvalue weighted by Gasteiger charge is -2.20. The van der Waals surface area contributed by atoms with Crippen molar-refractivity contribution in [2.45, 2.75) is 33.3 Å². The number of nitrogens with two attached hydrogens (primary N) is 1. The highest BCUT2D eigenvalue weighted by Crippen LogP contribution is 2.26. The Kier molecular flexibility index (Phi) is 7.44. The minimum atomic E-state index is 0.0253. The minimum absolute atomic E-state index is 0.0253. The van der Waals surface area contributed by atoms with Gasteiger partial charge in [0.2, 0.25) is 0 Å². The van der Waals surface area contributed by atoms with Gasteiger partial charge in [-0.25, -0.2) is 0 Å². The zero-order valence-corrected chi connectivity index (χ0v) is 12.7. The van der Waals surface area contributed by atoms with Crippen LogP contribution in [-0.2, 0) is 0 Å². The Bertz CT molecular complexity index is 482. The van der Waals surface area contributed by atoms with Crippen molar-refractivity contribution in [1.82, 2.24) is 0 Å². The molecule has 0 bridgehead atoms. The average molecular weight is 271 g/mol. The summed E-state index contributed by atoms with van der Waals surface area (Å²) in [6.07, 6.45) is 0.843. The summed E-state index contributed by atoms with van der Waals surface area (Å²) in [6.45, 7) is 6.67. The Labute approximate surface area is 122 Å². The summed E-state index contributed by atoms with van der Waals surface area (Å²) in [6, 6.07) is 18.3. The van der Waals surface area contributed by atoms with E-state index in [2.05, 4.69) is 25.1 Å². The predicted molar refractivity (Wildman–Crippen MR) is 86.0 cm³/mol. The van der Waals surface area contributed by atoms with Crippen LogP contribution < -0.4 is 10.5 Å². The van der Waals surface area contributed by atoms with Gasteiger partial charge in [0.1, 0.15) is 11.9 Å². The van der Waals surface area contributed by atoms with Gasteiger partial charge in [-0.05, 0) is 30.7 Å². The van der Waals surface area contributed by atoms with Crippen LogP contribution in [0, 0.1) is 6.92 Å². The van der Waals surface area contributed by atoms with E-state index < -0.39 is 0 Å². The monoisotopic (exact) mass is 271 g/mol. The molecular formula is C18H25NO. The third kappa shape index (κ3) is 4.71. The van der Waals surface area contributed by atoms with Crippen molar-refractivity contribution in [3.63, 3.8) is 0 Å². The summed E-state index contributed by atoms with van der Waals surface area (Å²) >= 11 is 0. The average Bonchev–Trinajstić information content (AvgIpc) is 2.52. The molecule has 0 radical (unpaired) electrons. The molecule has 0 aromatic heterocycles. The van der Waals surface area contributed by atoms with Crippen LogP contribution in [0.5, 0.6) is 5.75 Å². The summed E-state index contributed by atoms with van der Waals surface area (Å²) in [7, 11) is 0. The van der Waals surface area contributed by atoms with E-state index in [1.807, 2.05) is 50.2 Å². The fraction of sp³-hybridized carbons (Fsp3) is 0.333. The van der Waals surface area contributed by atoms with Crippen LogP contribution in [0.4, 0.5) is 0 Å². The van der Waals surface area contributed by atoms with Crippen LogP contribution in [0.2, 0.25) is 0 Å². The number of hydrogen-bond donors (Lipinski definition) is 1. The third-order valence-electron chi connectivity index (χ3n) is 2.96. The maximum Gasteiger partial charge on any atom is 0.125 e. The van der Waals surface area contributed by atoms with Crippen LogP contribution in [0.25, 0.3) is 0 Å². The summed E-state index contributed by atoms with van der Waals surface area (Å²) < 4.78 is 6.09. The van der Waals surface area contributed by atoms with Gasteiger partial charge in [-0.3, -0.25) is 0 Å². The first-order valence-electron chi connectivity index (χ1n) is 7.28. The Morgan fingerprint density at radius 1 is 0.950 bits per heavy atom. The molecule has 0 amide bonds. The van der Waals surface area contributed by atoms with Crippen LogP contribution in [0.3, 0.4) is 0 Å². The van der Waals surface area contributed by atoms with E-state index in [0.717, 1.165) is 17.7 Å². The number of benzene rings is 2. The lowest BCUT2D eigenvalue weighted by Crippen LogP contribution is -2.13. The van der Waals surface area contributed by atoms with Crippen molar-refractivity contribution in [1.29, 1.82) is 0 Å². The second-order valence-corrected chi connectivity index (χ2v) is 4.36. The minimum Gasteiger partial charge on any atom is -0.485 e. The number of aryl methyl sites for hydroxylation is 1. The third-order valence-corrected chi connectivity index (χ3v) is 2.96. The Balaban J connectivity index is 0.000000956. The molecule has 0 spiro atoms. The summed E-state index contributed by atoms with van der Waals surface area (Å²) in [4.78, 5) is 0. The van der Waals surface area contributed by atoms with Crippen LogP contribution >= 0.6 is 0 Å². The second kappa shape index (κ2) is 9.16. The van der Waals surface area contributed by atoms with E-state index in [1.54, 1.807) is 0 Å². The molecule has 2 nitrogen and oxygen atoms in total. The fourth-order valence-electron chi connectivity index (χ4n) is 1.95. The van der Waals surface area contributed by atoms with E-state index in [1.165, 1.54) is 5.56 Å². The SMILES string of the molecule is CC.Cc1ccccc1OC(CCN)c1ccccc1. The van der Waals surface area contributed by atoms with Gasteiger partial charge in [0.25, 0.3) is 0 Å². The molecule has 0 fully saturated rings. The molecule has 108 valence electrons. The van der Waals surface area contributed by atoms with Crippen molar-refractivity contribution in [2.75, 3.05) is 6.54 Å². The fourth-order valence-corrected chi connectivity index (χ4v) is 1.95. The van der Waals surface area contributed by atoms with Gasteiger partial charge in [0, 0.05) is 6.42 Å². The normalized spacial score (nSPS) is 11.2. The maximum atomic E-state index is 6.09. The molecule has 1 unspecified atom stereocenters. The van der Waals surface area contributed by atoms with Crippen molar-refractivity contribution in [3.8, 4) is 5.75 Å².